The highest BCUT2D eigenvalue weighted by Crippen LogP contribution is 2.44. The van der Waals surface area contributed by atoms with Gasteiger partial charge in [-0.3, -0.25) is 14.5 Å². The monoisotopic (exact) mass is 393 g/mol. The van der Waals surface area contributed by atoms with Crippen LogP contribution in [0.3, 0.4) is 0 Å². The molecular formula is C24H27NO4. The first-order valence-electron chi connectivity index (χ1n) is 9.91. The van der Waals surface area contributed by atoms with Crippen LogP contribution in [-0.2, 0) is 31.0 Å². The fourth-order valence-corrected chi connectivity index (χ4v) is 3.88. The molecule has 0 spiro atoms. The minimum atomic E-state index is -1.56. The van der Waals surface area contributed by atoms with E-state index in [1.54, 1.807) is 13.8 Å². The van der Waals surface area contributed by atoms with Gasteiger partial charge in [0.25, 0.3) is 0 Å². The first kappa shape index (κ1) is 20.8. The highest BCUT2D eigenvalue weighted by Gasteiger charge is 2.56. The maximum absolute atomic E-state index is 13.2. The van der Waals surface area contributed by atoms with Crippen LogP contribution in [0.5, 0.6) is 0 Å². The molecule has 152 valence electrons. The van der Waals surface area contributed by atoms with E-state index in [4.69, 9.17) is 9.47 Å². The summed E-state index contributed by atoms with van der Waals surface area (Å²) in [7, 11) is 1.97. The van der Waals surface area contributed by atoms with Crippen LogP contribution >= 0.6 is 0 Å². The molecule has 0 N–H and O–H groups in total. The Morgan fingerprint density at radius 2 is 1.45 bits per heavy atom. The summed E-state index contributed by atoms with van der Waals surface area (Å²) < 4.78 is 10.8. The Balaban J connectivity index is 2.00. The standard InChI is InChI=1S/C24H27NO4/c1-4-28-22(26)24(23(27)29-5-2)20(15-19-13-9-10-14-21(19)24)17-25(3)16-18-11-7-6-8-12-18/h6-15H,4-5,16-17H2,1-3H3. The zero-order valence-corrected chi connectivity index (χ0v) is 17.2. The molecule has 0 saturated carbocycles. The summed E-state index contributed by atoms with van der Waals surface area (Å²) in [6, 6.07) is 17.5. The van der Waals surface area contributed by atoms with Gasteiger partial charge in [-0.05, 0) is 43.2 Å². The number of hydrogen-bond acceptors (Lipinski definition) is 5. The summed E-state index contributed by atoms with van der Waals surface area (Å²) >= 11 is 0. The normalized spacial score (nSPS) is 14.3. The Labute approximate surface area is 171 Å². The zero-order chi connectivity index (χ0) is 20.9. The van der Waals surface area contributed by atoms with Gasteiger partial charge in [-0.2, -0.15) is 0 Å². The van der Waals surface area contributed by atoms with E-state index in [1.165, 1.54) is 0 Å². The average Bonchev–Trinajstić information content (AvgIpc) is 3.03. The van der Waals surface area contributed by atoms with Gasteiger partial charge < -0.3 is 9.47 Å². The molecule has 0 saturated heterocycles. The molecule has 5 heteroatoms. The maximum atomic E-state index is 13.2. The molecule has 5 nitrogen and oxygen atoms in total. The molecule has 0 aliphatic heterocycles. The predicted octanol–water partition coefficient (Wildman–Crippen LogP) is 3.58. The van der Waals surface area contributed by atoms with Gasteiger partial charge in [0, 0.05) is 13.1 Å². The number of fused-ring (bicyclic) bond motifs is 1. The number of esters is 2. The largest absolute Gasteiger partial charge is 0.465 e. The lowest BCUT2D eigenvalue weighted by Gasteiger charge is -2.31. The second-order valence-corrected chi connectivity index (χ2v) is 7.11. The van der Waals surface area contributed by atoms with Crippen molar-refractivity contribution < 1.29 is 19.1 Å². The van der Waals surface area contributed by atoms with Gasteiger partial charge in [0.2, 0.25) is 5.41 Å². The maximum Gasteiger partial charge on any atom is 0.332 e. The van der Waals surface area contributed by atoms with Crippen molar-refractivity contribution in [2.45, 2.75) is 25.8 Å². The van der Waals surface area contributed by atoms with Crippen LogP contribution in [0.4, 0.5) is 0 Å². The van der Waals surface area contributed by atoms with Crippen LogP contribution < -0.4 is 0 Å². The Bertz CT molecular complexity index is 886. The number of ether oxygens (including phenoxy) is 2. The third-order valence-electron chi connectivity index (χ3n) is 5.08. The lowest BCUT2D eigenvalue weighted by Crippen LogP contribution is -2.48. The van der Waals surface area contributed by atoms with Crippen molar-refractivity contribution in [3.8, 4) is 0 Å². The molecule has 0 amide bonds. The van der Waals surface area contributed by atoms with E-state index in [9.17, 15) is 9.59 Å². The van der Waals surface area contributed by atoms with Gasteiger partial charge in [0.15, 0.2) is 0 Å². The molecule has 1 aliphatic rings. The second-order valence-electron chi connectivity index (χ2n) is 7.11. The highest BCUT2D eigenvalue weighted by atomic mass is 16.6. The van der Waals surface area contributed by atoms with Crippen molar-refractivity contribution in [1.29, 1.82) is 0 Å². The van der Waals surface area contributed by atoms with Gasteiger partial charge in [-0.25, -0.2) is 0 Å². The first-order valence-corrected chi connectivity index (χ1v) is 9.91. The number of carbonyl (C=O) groups excluding carboxylic acids is 2. The van der Waals surface area contributed by atoms with E-state index < -0.39 is 17.4 Å². The van der Waals surface area contributed by atoms with Crippen molar-refractivity contribution in [1.82, 2.24) is 4.90 Å². The van der Waals surface area contributed by atoms with E-state index in [0.29, 0.717) is 24.2 Å². The Kier molecular flexibility index (Phi) is 6.49. The van der Waals surface area contributed by atoms with Gasteiger partial charge in [-0.1, -0.05) is 60.7 Å². The van der Waals surface area contributed by atoms with Gasteiger partial charge in [0.1, 0.15) is 0 Å². The number of hydrogen-bond donors (Lipinski definition) is 0. The van der Waals surface area contributed by atoms with Gasteiger partial charge in [0.05, 0.1) is 13.2 Å². The highest BCUT2D eigenvalue weighted by molar-refractivity contribution is 6.13. The Morgan fingerprint density at radius 1 is 0.862 bits per heavy atom. The summed E-state index contributed by atoms with van der Waals surface area (Å²) in [6.07, 6.45) is 1.92. The number of nitrogens with zero attached hydrogens (tertiary/aromatic N) is 1. The van der Waals surface area contributed by atoms with Crippen molar-refractivity contribution in [2.75, 3.05) is 26.8 Å². The zero-order valence-electron chi connectivity index (χ0n) is 17.2. The lowest BCUT2D eigenvalue weighted by atomic mass is 9.76. The fraction of sp³-hybridized carbons (Fsp3) is 0.333. The quantitative estimate of drug-likeness (QED) is 0.507. The first-order chi connectivity index (χ1) is 14.0. The Morgan fingerprint density at radius 3 is 2.07 bits per heavy atom. The summed E-state index contributed by atoms with van der Waals surface area (Å²) in [5, 5.41) is 0. The number of carbonyl (C=O) groups is 2. The molecular weight excluding hydrogens is 366 g/mol. The molecule has 1 aliphatic carbocycles. The molecule has 2 aromatic carbocycles. The summed E-state index contributed by atoms with van der Waals surface area (Å²) in [4.78, 5) is 28.5. The molecule has 0 radical (unpaired) electrons. The predicted molar refractivity (Wildman–Crippen MR) is 112 cm³/mol. The molecule has 0 aromatic heterocycles. The average molecular weight is 393 g/mol. The topological polar surface area (TPSA) is 55.8 Å². The molecule has 0 heterocycles. The van der Waals surface area contributed by atoms with Crippen molar-refractivity contribution >= 4 is 18.0 Å². The van der Waals surface area contributed by atoms with Crippen LogP contribution in [0.15, 0.2) is 60.2 Å². The summed E-state index contributed by atoms with van der Waals surface area (Å²) in [5.74, 6) is -1.16. The lowest BCUT2D eigenvalue weighted by molar-refractivity contribution is -0.162. The van der Waals surface area contributed by atoms with E-state index in [-0.39, 0.29) is 13.2 Å². The second kappa shape index (κ2) is 9.05. The van der Waals surface area contributed by atoms with Crippen molar-refractivity contribution in [3.63, 3.8) is 0 Å². The van der Waals surface area contributed by atoms with Crippen LogP contribution in [0.1, 0.15) is 30.5 Å². The number of rotatable bonds is 8. The molecule has 2 aromatic rings. The summed E-state index contributed by atoms with van der Waals surface area (Å²) in [6.45, 7) is 4.98. The molecule has 0 fully saturated rings. The van der Waals surface area contributed by atoms with Crippen LogP contribution in [-0.4, -0.2) is 43.6 Å². The van der Waals surface area contributed by atoms with Crippen LogP contribution in [0.2, 0.25) is 0 Å². The molecule has 0 atom stereocenters. The van der Waals surface area contributed by atoms with Crippen molar-refractivity contribution in [2.24, 2.45) is 0 Å². The van der Waals surface area contributed by atoms with E-state index >= 15 is 0 Å². The number of likely N-dealkylation sites (N-methyl/N-ethyl adjacent to an activating group) is 1. The Hall–Kier alpha value is -2.92. The SMILES string of the molecule is CCOC(=O)C1(C(=O)OCC)C(CN(C)Cc2ccccc2)=Cc2ccccc21. The van der Waals surface area contributed by atoms with Crippen LogP contribution in [0, 0.1) is 0 Å². The fourth-order valence-electron chi connectivity index (χ4n) is 3.88. The third-order valence-corrected chi connectivity index (χ3v) is 5.08. The smallest absolute Gasteiger partial charge is 0.332 e. The van der Waals surface area contributed by atoms with E-state index in [0.717, 1.165) is 11.1 Å². The van der Waals surface area contributed by atoms with E-state index in [2.05, 4.69) is 17.0 Å². The minimum Gasteiger partial charge on any atom is -0.465 e. The molecule has 29 heavy (non-hydrogen) atoms. The van der Waals surface area contributed by atoms with E-state index in [1.807, 2.05) is 55.6 Å². The third kappa shape index (κ3) is 3.96. The molecule has 3 rings (SSSR count). The number of benzene rings is 2. The van der Waals surface area contributed by atoms with Gasteiger partial charge in [-0.15, -0.1) is 0 Å². The van der Waals surface area contributed by atoms with Crippen molar-refractivity contribution in [3.05, 3.63) is 76.9 Å². The van der Waals surface area contributed by atoms with Gasteiger partial charge >= 0.3 is 11.9 Å². The molecule has 0 bridgehead atoms. The minimum absolute atomic E-state index is 0.190. The summed E-state index contributed by atoms with van der Waals surface area (Å²) in [5.41, 5.74) is 1.74. The molecule has 0 unspecified atom stereocenters. The van der Waals surface area contributed by atoms with Crippen LogP contribution in [0.25, 0.3) is 6.08 Å².